The number of carbonyl (C=O) groups excluding carboxylic acids is 1. The molecule has 1 saturated carbocycles. The number of ether oxygens (including phenoxy) is 3. The molecule has 0 aromatic carbocycles. The number of rotatable bonds is 0. The first-order chi connectivity index (χ1) is 8.87. The standard InChI is InChI=1S/C14H23NO4/c1-13(2,3)19-12(16)15-8-10-6-14(7-11(10)9-15)17-4-5-18-14/h10-11H,4-9H2,1-3H3. The molecule has 3 fully saturated rings. The first-order valence-electron chi connectivity index (χ1n) is 7.13. The molecule has 2 atom stereocenters. The summed E-state index contributed by atoms with van der Waals surface area (Å²) in [5.41, 5.74) is -0.423. The summed E-state index contributed by atoms with van der Waals surface area (Å²) in [6, 6.07) is 0. The number of hydrogen-bond acceptors (Lipinski definition) is 4. The molecule has 0 radical (unpaired) electrons. The van der Waals surface area contributed by atoms with Crippen LogP contribution in [0.2, 0.25) is 0 Å². The Morgan fingerprint density at radius 1 is 1.16 bits per heavy atom. The largest absolute Gasteiger partial charge is 0.444 e. The molecule has 2 unspecified atom stereocenters. The van der Waals surface area contributed by atoms with E-state index in [0.29, 0.717) is 25.0 Å². The van der Waals surface area contributed by atoms with Crippen molar-refractivity contribution in [1.82, 2.24) is 4.90 Å². The van der Waals surface area contributed by atoms with Gasteiger partial charge in [-0.15, -0.1) is 0 Å². The highest BCUT2D eigenvalue weighted by atomic mass is 16.7. The summed E-state index contributed by atoms with van der Waals surface area (Å²) in [5.74, 6) is 0.645. The minimum atomic E-state index is -0.423. The fraction of sp³-hybridized carbons (Fsp3) is 0.929. The van der Waals surface area contributed by atoms with E-state index in [1.54, 1.807) is 0 Å². The van der Waals surface area contributed by atoms with E-state index in [9.17, 15) is 4.79 Å². The normalized spacial score (nSPS) is 32.9. The van der Waals surface area contributed by atoms with Crippen molar-refractivity contribution < 1.29 is 19.0 Å². The van der Waals surface area contributed by atoms with Crippen molar-refractivity contribution in [2.75, 3.05) is 26.3 Å². The van der Waals surface area contributed by atoms with Crippen LogP contribution in [0.25, 0.3) is 0 Å². The predicted octanol–water partition coefficient (Wildman–Crippen LogP) is 2.01. The van der Waals surface area contributed by atoms with Gasteiger partial charge >= 0.3 is 6.09 Å². The fourth-order valence-corrected chi connectivity index (χ4v) is 3.49. The Kier molecular flexibility index (Phi) is 3.02. The van der Waals surface area contributed by atoms with Crippen LogP contribution in [0, 0.1) is 11.8 Å². The molecule has 0 N–H and O–H groups in total. The molecule has 5 heteroatoms. The van der Waals surface area contributed by atoms with Gasteiger partial charge in [0.25, 0.3) is 0 Å². The number of carbonyl (C=O) groups is 1. The molecule has 0 aromatic heterocycles. The van der Waals surface area contributed by atoms with Crippen LogP contribution in [-0.2, 0) is 14.2 Å². The van der Waals surface area contributed by atoms with Gasteiger partial charge in [0, 0.05) is 25.9 Å². The van der Waals surface area contributed by atoms with E-state index in [1.807, 2.05) is 25.7 Å². The van der Waals surface area contributed by atoms with E-state index in [2.05, 4.69) is 0 Å². The van der Waals surface area contributed by atoms with E-state index in [4.69, 9.17) is 14.2 Å². The minimum Gasteiger partial charge on any atom is -0.444 e. The van der Waals surface area contributed by atoms with Crippen LogP contribution in [-0.4, -0.2) is 48.7 Å². The molecule has 1 amide bonds. The smallest absolute Gasteiger partial charge is 0.410 e. The van der Waals surface area contributed by atoms with Gasteiger partial charge in [0.05, 0.1) is 13.2 Å². The molecular weight excluding hydrogens is 246 g/mol. The second kappa shape index (κ2) is 4.35. The molecule has 1 aliphatic carbocycles. The van der Waals surface area contributed by atoms with Gasteiger partial charge in [-0.25, -0.2) is 4.79 Å². The molecule has 2 aliphatic heterocycles. The Labute approximate surface area is 114 Å². The fourth-order valence-electron chi connectivity index (χ4n) is 3.49. The summed E-state index contributed by atoms with van der Waals surface area (Å²) in [7, 11) is 0. The summed E-state index contributed by atoms with van der Waals surface area (Å²) >= 11 is 0. The Morgan fingerprint density at radius 2 is 1.68 bits per heavy atom. The molecular formula is C14H23NO4. The number of likely N-dealkylation sites (tertiary alicyclic amines) is 1. The lowest BCUT2D eigenvalue weighted by Crippen LogP contribution is -2.37. The van der Waals surface area contributed by atoms with Gasteiger partial charge in [0.15, 0.2) is 5.79 Å². The van der Waals surface area contributed by atoms with E-state index in [0.717, 1.165) is 25.9 Å². The summed E-state index contributed by atoms with van der Waals surface area (Å²) in [4.78, 5) is 13.9. The molecule has 3 rings (SSSR count). The van der Waals surface area contributed by atoms with Gasteiger partial charge in [-0.2, -0.15) is 0 Å². The zero-order valence-corrected chi connectivity index (χ0v) is 12.0. The Bertz CT molecular complexity index is 354. The molecule has 5 nitrogen and oxygen atoms in total. The molecule has 3 aliphatic rings. The number of nitrogens with zero attached hydrogens (tertiary/aromatic N) is 1. The topological polar surface area (TPSA) is 48.0 Å². The van der Waals surface area contributed by atoms with Crippen LogP contribution in [0.5, 0.6) is 0 Å². The minimum absolute atomic E-state index is 0.191. The molecule has 108 valence electrons. The van der Waals surface area contributed by atoms with Crippen molar-refractivity contribution in [1.29, 1.82) is 0 Å². The maximum Gasteiger partial charge on any atom is 0.410 e. The molecule has 2 heterocycles. The molecule has 2 saturated heterocycles. The highest BCUT2D eigenvalue weighted by molar-refractivity contribution is 5.68. The van der Waals surface area contributed by atoms with Gasteiger partial charge < -0.3 is 19.1 Å². The third kappa shape index (κ3) is 2.58. The van der Waals surface area contributed by atoms with Gasteiger partial charge in [0.1, 0.15) is 5.60 Å². The van der Waals surface area contributed by atoms with Crippen LogP contribution < -0.4 is 0 Å². The second-order valence-corrected chi connectivity index (χ2v) is 6.92. The summed E-state index contributed by atoms with van der Waals surface area (Å²) in [6.07, 6.45) is 1.64. The second-order valence-electron chi connectivity index (χ2n) is 6.92. The predicted molar refractivity (Wildman–Crippen MR) is 68.7 cm³/mol. The summed E-state index contributed by atoms with van der Waals surface area (Å²) in [6.45, 7) is 8.65. The Morgan fingerprint density at radius 3 is 2.16 bits per heavy atom. The quantitative estimate of drug-likeness (QED) is 0.675. The number of amides is 1. The zero-order valence-electron chi connectivity index (χ0n) is 12.0. The average Bonchev–Trinajstić information content (AvgIpc) is 2.91. The van der Waals surface area contributed by atoms with Crippen molar-refractivity contribution in [2.24, 2.45) is 11.8 Å². The van der Waals surface area contributed by atoms with Crippen LogP contribution in [0.3, 0.4) is 0 Å². The molecule has 0 bridgehead atoms. The number of fused-ring (bicyclic) bond motifs is 1. The monoisotopic (exact) mass is 269 g/mol. The molecule has 0 aromatic rings. The van der Waals surface area contributed by atoms with E-state index >= 15 is 0 Å². The summed E-state index contributed by atoms with van der Waals surface area (Å²) < 4.78 is 16.9. The van der Waals surface area contributed by atoms with E-state index < -0.39 is 5.60 Å². The lowest BCUT2D eigenvalue weighted by molar-refractivity contribution is -0.156. The maximum atomic E-state index is 12.0. The van der Waals surface area contributed by atoms with Crippen LogP contribution in [0.1, 0.15) is 33.6 Å². The van der Waals surface area contributed by atoms with Gasteiger partial charge in [-0.05, 0) is 32.6 Å². The first-order valence-corrected chi connectivity index (χ1v) is 7.13. The average molecular weight is 269 g/mol. The Hall–Kier alpha value is -0.810. The van der Waals surface area contributed by atoms with E-state index in [1.165, 1.54) is 0 Å². The van der Waals surface area contributed by atoms with Crippen molar-refractivity contribution in [3.05, 3.63) is 0 Å². The first kappa shape index (κ1) is 13.2. The lowest BCUT2D eigenvalue weighted by Gasteiger charge is -2.27. The van der Waals surface area contributed by atoms with Crippen molar-refractivity contribution in [3.8, 4) is 0 Å². The summed E-state index contributed by atoms with van der Waals surface area (Å²) in [5, 5.41) is 0. The Balaban J connectivity index is 1.57. The van der Waals surface area contributed by atoms with Crippen LogP contribution in [0.15, 0.2) is 0 Å². The molecule has 19 heavy (non-hydrogen) atoms. The van der Waals surface area contributed by atoms with Crippen LogP contribution >= 0.6 is 0 Å². The highest BCUT2D eigenvalue weighted by Crippen LogP contribution is 2.48. The third-order valence-electron chi connectivity index (χ3n) is 4.19. The van der Waals surface area contributed by atoms with E-state index in [-0.39, 0.29) is 11.9 Å². The van der Waals surface area contributed by atoms with Gasteiger partial charge in [0.2, 0.25) is 0 Å². The highest BCUT2D eigenvalue weighted by Gasteiger charge is 2.53. The lowest BCUT2D eigenvalue weighted by atomic mass is 10.0. The number of hydrogen-bond donors (Lipinski definition) is 0. The van der Waals surface area contributed by atoms with Gasteiger partial charge in [-0.1, -0.05) is 0 Å². The third-order valence-corrected chi connectivity index (χ3v) is 4.19. The zero-order chi connectivity index (χ0) is 13.7. The van der Waals surface area contributed by atoms with Crippen molar-refractivity contribution in [2.45, 2.75) is 45.0 Å². The maximum absolute atomic E-state index is 12.0. The SMILES string of the molecule is CC(C)(C)OC(=O)N1CC2CC3(CC2C1)OCCO3. The van der Waals surface area contributed by atoms with Gasteiger partial charge in [-0.3, -0.25) is 0 Å². The van der Waals surface area contributed by atoms with Crippen molar-refractivity contribution in [3.63, 3.8) is 0 Å². The van der Waals surface area contributed by atoms with Crippen LogP contribution in [0.4, 0.5) is 4.79 Å². The van der Waals surface area contributed by atoms with Crippen molar-refractivity contribution >= 4 is 6.09 Å². The molecule has 1 spiro atoms.